The molecule has 2 amide bonds. The number of aliphatic carboxylic acids is 1. The zero-order chi connectivity index (χ0) is 22.7. The van der Waals surface area contributed by atoms with Crippen LogP contribution < -0.4 is 10.6 Å². The summed E-state index contributed by atoms with van der Waals surface area (Å²) in [4.78, 5) is 35.1. The summed E-state index contributed by atoms with van der Waals surface area (Å²) >= 11 is 0. The topological polar surface area (TPSA) is 105 Å². The number of hydrogen-bond donors (Lipinski definition) is 3. The second-order valence-electron chi connectivity index (χ2n) is 7.56. The average molecular weight is 430 g/mol. The summed E-state index contributed by atoms with van der Waals surface area (Å²) in [6.07, 6.45) is -0.585. The van der Waals surface area contributed by atoms with E-state index in [1.807, 2.05) is 24.3 Å². The molecule has 7 nitrogen and oxygen atoms in total. The number of carbonyl (C=O) groups excluding carboxylic acids is 2. The third-order valence-corrected chi connectivity index (χ3v) is 5.47. The molecule has 0 heterocycles. The second-order valence-corrected chi connectivity index (χ2v) is 7.56. The van der Waals surface area contributed by atoms with Gasteiger partial charge in [0, 0.05) is 17.2 Å². The lowest BCUT2D eigenvalue weighted by Gasteiger charge is -2.15. The summed E-state index contributed by atoms with van der Waals surface area (Å²) in [7, 11) is 0. The van der Waals surface area contributed by atoms with Crippen LogP contribution in [0, 0.1) is 6.92 Å². The number of amides is 2. The summed E-state index contributed by atoms with van der Waals surface area (Å²) in [5.41, 5.74) is 6.05. The minimum atomic E-state index is -1.12. The smallest absolute Gasteiger partial charge is 0.411 e. The Labute approximate surface area is 185 Å². The predicted molar refractivity (Wildman–Crippen MR) is 120 cm³/mol. The van der Waals surface area contributed by atoms with E-state index >= 15 is 0 Å². The molecule has 0 fully saturated rings. The Morgan fingerprint density at radius 1 is 0.938 bits per heavy atom. The molecule has 0 atom stereocenters. The third kappa shape index (κ3) is 4.32. The standard InChI is InChI=1S/C25H22N2O5/c1-15-12-16(24(30)26-13-23(28)29)10-11-22(15)27-25(31)32-14-21-19-8-4-2-6-17(19)18-7-3-5-9-20(18)21/h2-12,21H,13-14H2,1H3,(H,26,30)(H,27,31)(H,28,29). The Bertz CT molecular complexity index is 1160. The van der Waals surface area contributed by atoms with Crippen molar-refractivity contribution in [3.63, 3.8) is 0 Å². The number of benzene rings is 3. The number of aryl methyl sites for hydroxylation is 1. The van der Waals surface area contributed by atoms with Gasteiger partial charge < -0.3 is 15.2 Å². The van der Waals surface area contributed by atoms with Crippen LogP contribution >= 0.6 is 0 Å². The highest BCUT2D eigenvalue weighted by Gasteiger charge is 2.29. The van der Waals surface area contributed by atoms with Crippen LogP contribution in [0.2, 0.25) is 0 Å². The van der Waals surface area contributed by atoms with Crippen LogP contribution in [0.15, 0.2) is 66.7 Å². The van der Waals surface area contributed by atoms with Crippen molar-refractivity contribution in [3.8, 4) is 11.1 Å². The van der Waals surface area contributed by atoms with E-state index < -0.39 is 24.5 Å². The van der Waals surface area contributed by atoms with Crippen molar-refractivity contribution >= 4 is 23.7 Å². The van der Waals surface area contributed by atoms with E-state index in [0.717, 1.165) is 22.3 Å². The van der Waals surface area contributed by atoms with Gasteiger partial charge in [-0.2, -0.15) is 0 Å². The van der Waals surface area contributed by atoms with Crippen molar-refractivity contribution in [1.82, 2.24) is 5.32 Å². The normalized spacial score (nSPS) is 11.9. The van der Waals surface area contributed by atoms with Gasteiger partial charge in [0.15, 0.2) is 0 Å². The van der Waals surface area contributed by atoms with Crippen LogP contribution in [0.3, 0.4) is 0 Å². The molecular weight excluding hydrogens is 408 g/mol. The van der Waals surface area contributed by atoms with Crippen LogP contribution in [0.4, 0.5) is 10.5 Å². The van der Waals surface area contributed by atoms with Gasteiger partial charge in [-0.05, 0) is 52.9 Å². The second kappa shape index (κ2) is 8.93. The summed E-state index contributed by atoms with van der Waals surface area (Å²) in [5, 5.41) is 13.7. The number of carbonyl (C=O) groups is 3. The van der Waals surface area contributed by atoms with E-state index in [1.54, 1.807) is 19.1 Å². The molecule has 162 valence electrons. The largest absolute Gasteiger partial charge is 0.480 e. The first-order valence-corrected chi connectivity index (χ1v) is 10.2. The van der Waals surface area contributed by atoms with Crippen LogP contribution in [0.25, 0.3) is 11.1 Å². The molecular formula is C25H22N2O5. The first-order valence-electron chi connectivity index (χ1n) is 10.2. The van der Waals surface area contributed by atoms with Crippen molar-refractivity contribution in [1.29, 1.82) is 0 Å². The quantitative estimate of drug-likeness (QED) is 0.544. The van der Waals surface area contributed by atoms with E-state index in [0.29, 0.717) is 16.8 Å². The fourth-order valence-corrected chi connectivity index (χ4v) is 3.95. The van der Waals surface area contributed by atoms with Crippen molar-refractivity contribution in [2.75, 3.05) is 18.5 Å². The van der Waals surface area contributed by atoms with Crippen LogP contribution in [0.1, 0.15) is 33.0 Å². The van der Waals surface area contributed by atoms with Crippen molar-refractivity contribution in [3.05, 3.63) is 89.0 Å². The number of fused-ring (bicyclic) bond motifs is 3. The highest BCUT2D eigenvalue weighted by atomic mass is 16.5. The molecule has 0 aliphatic heterocycles. The summed E-state index contributed by atoms with van der Waals surface area (Å²) in [6.45, 7) is 1.49. The Hall–Kier alpha value is -4.13. The van der Waals surface area contributed by atoms with Gasteiger partial charge in [0.1, 0.15) is 13.2 Å². The SMILES string of the molecule is Cc1cc(C(=O)NCC(=O)O)ccc1NC(=O)OCC1c2ccccc2-c2ccccc21. The molecule has 0 radical (unpaired) electrons. The lowest BCUT2D eigenvalue weighted by atomic mass is 9.98. The molecule has 3 N–H and O–H groups in total. The number of anilines is 1. The fourth-order valence-electron chi connectivity index (χ4n) is 3.95. The minimum Gasteiger partial charge on any atom is -0.480 e. The van der Waals surface area contributed by atoms with Gasteiger partial charge in [0.05, 0.1) is 0 Å². The molecule has 0 saturated heterocycles. The monoisotopic (exact) mass is 430 g/mol. The highest BCUT2D eigenvalue weighted by molar-refractivity contribution is 5.97. The number of carboxylic acid groups (broad SMARTS) is 1. The van der Waals surface area contributed by atoms with Crippen LogP contribution in [-0.2, 0) is 9.53 Å². The molecule has 0 saturated carbocycles. The van der Waals surface area contributed by atoms with E-state index in [2.05, 4.69) is 34.9 Å². The number of nitrogens with one attached hydrogen (secondary N) is 2. The molecule has 1 aliphatic rings. The maximum Gasteiger partial charge on any atom is 0.411 e. The lowest BCUT2D eigenvalue weighted by molar-refractivity contribution is -0.135. The number of rotatable bonds is 6. The van der Waals surface area contributed by atoms with Gasteiger partial charge in [-0.25, -0.2) is 4.79 Å². The first-order chi connectivity index (χ1) is 15.4. The molecule has 0 bridgehead atoms. The lowest BCUT2D eigenvalue weighted by Crippen LogP contribution is -2.29. The summed E-state index contributed by atoms with van der Waals surface area (Å²) < 4.78 is 5.55. The Morgan fingerprint density at radius 2 is 1.56 bits per heavy atom. The van der Waals surface area contributed by atoms with Gasteiger partial charge in [-0.15, -0.1) is 0 Å². The fraction of sp³-hybridized carbons (Fsp3) is 0.160. The molecule has 7 heteroatoms. The number of carboxylic acids is 1. The molecule has 0 spiro atoms. The molecule has 3 aromatic rings. The average Bonchev–Trinajstić information content (AvgIpc) is 3.11. The first kappa shape index (κ1) is 21.1. The molecule has 0 aromatic heterocycles. The van der Waals surface area contributed by atoms with Crippen LogP contribution in [0.5, 0.6) is 0 Å². The summed E-state index contributed by atoms with van der Waals surface area (Å²) in [6, 6.07) is 20.9. The zero-order valence-corrected chi connectivity index (χ0v) is 17.4. The minimum absolute atomic E-state index is 0.0328. The maximum absolute atomic E-state index is 12.5. The van der Waals surface area contributed by atoms with Crippen LogP contribution in [-0.4, -0.2) is 36.2 Å². The van der Waals surface area contributed by atoms with E-state index in [9.17, 15) is 14.4 Å². The number of hydrogen-bond acceptors (Lipinski definition) is 4. The van der Waals surface area contributed by atoms with Gasteiger partial charge in [0.2, 0.25) is 0 Å². The zero-order valence-electron chi connectivity index (χ0n) is 17.4. The Balaban J connectivity index is 1.41. The Kier molecular flexibility index (Phi) is 5.89. The van der Waals surface area contributed by atoms with Gasteiger partial charge in [-0.3, -0.25) is 14.9 Å². The van der Waals surface area contributed by atoms with Crippen molar-refractivity contribution in [2.45, 2.75) is 12.8 Å². The van der Waals surface area contributed by atoms with E-state index in [4.69, 9.17) is 9.84 Å². The molecule has 4 rings (SSSR count). The number of ether oxygens (including phenoxy) is 1. The summed E-state index contributed by atoms with van der Waals surface area (Å²) in [5.74, 6) is -1.65. The molecule has 1 aliphatic carbocycles. The van der Waals surface area contributed by atoms with Gasteiger partial charge >= 0.3 is 12.1 Å². The molecule has 0 unspecified atom stereocenters. The van der Waals surface area contributed by atoms with Gasteiger partial charge in [-0.1, -0.05) is 48.5 Å². The predicted octanol–water partition coefficient (Wildman–Crippen LogP) is 4.17. The van der Waals surface area contributed by atoms with E-state index in [-0.39, 0.29) is 12.5 Å². The maximum atomic E-state index is 12.5. The highest BCUT2D eigenvalue weighted by Crippen LogP contribution is 2.44. The Morgan fingerprint density at radius 3 is 2.16 bits per heavy atom. The van der Waals surface area contributed by atoms with Crippen molar-refractivity contribution < 1.29 is 24.2 Å². The molecule has 32 heavy (non-hydrogen) atoms. The molecule has 3 aromatic carbocycles. The van der Waals surface area contributed by atoms with E-state index in [1.165, 1.54) is 6.07 Å². The third-order valence-electron chi connectivity index (χ3n) is 5.47. The van der Waals surface area contributed by atoms with Gasteiger partial charge in [0.25, 0.3) is 5.91 Å². The van der Waals surface area contributed by atoms with Crippen molar-refractivity contribution in [2.24, 2.45) is 0 Å².